The minimum atomic E-state index is -0.383. The summed E-state index contributed by atoms with van der Waals surface area (Å²) in [5.41, 5.74) is 1.52. The van der Waals surface area contributed by atoms with Gasteiger partial charge in [0.25, 0.3) is 5.91 Å². The maximum atomic E-state index is 13.2. The number of fused-ring (bicyclic) bond motifs is 1. The monoisotopic (exact) mass is 354 g/mol. The van der Waals surface area contributed by atoms with E-state index >= 15 is 0 Å². The van der Waals surface area contributed by atoms with Crippen molar-refractivity contribution in [2.45, 2.75) is 25.7 Å². The zero-order valence-corrected chi connectivity index (χ0v) is 13.0. The van der Waals surface area contributed by atoms with Gasteiger partial charge in [-0.05, 0) is 59.8 Å². The highest BCUT2D eigenvalue weighted by atomic mass is 79.9. The van der Waals surface area contributed by atoms with Gasteiger partial charge in [0.1, 0.15) is 5.82 Å². The number of halogens is 2. The molecular formula is C14H12BrFN2OS. The van der Waals surface area contributed by atoms with Crippen molar-refractivity contribution in [1.82, 2.24) is 4.98 Å². The van der Waals surface area contributed by atoms with Gasteiger partial charge in [-0.2, -0.15) is 0 Å². The van der Waals surface area contributed by atoms with Crippen LogP contribution in [0.1, 0.15) is 33.8 Å². The van der Waals surface area contributed by atoms with Crippen molar-refractivity contribution in [3.8, 4) is 0 Å². The third-order valence-corrected chi connectivity index (χ3v) is 4.93. The summed E-state index contributed by atoms with van der Waals surface area (Å²) in [5, 5.41) is 3.41. The molecule has 104 valence electrons. The number of hydrogen-bond donors (Lipinski definition) is 1. The molecule has 1 aromatic heterocycles. The number of carbonyl (C=O) groups excluding carboxylic acids is 1. The first-order valence-electron chi connectivity index (χ1n) is 6.38. The fourth-order valence-electron chi connectivity index (χ4n) is 2.21. The summed E-state index contributed by atoms with van der Waals surface area (Å²) in [4.78, 5) is 17.8. The van der Waals surface area contributed by atoms with Crippen LogP contribution < -0.4 is 5.32 Å². The van der Waals surface area contributed by atoms with Crippen molar-refractivity contribution in [2.24, 2.45) is 0 Å². The molecule has 0 saturated carbocycles. The van der Waals surface area contributed by atoms with E-state index in [0.717, 1.165) is 25.0 Å². The number of aromatic nitrogens is 1. The average Bonchev–Trinajstić information content (AvgIpc) is 2.83. The number of nitrogens with one attached hydrogen (secondary N) is 1. The Labute approximate surface area is 128 Å². The van der Waals surface area contributed by atoms with Gasteiger partial charge in [0.15, 0.2) is 5.13 Å². The van der Waals surface area contributed by atoms with Gasteiger partial charge in [0.05, 0.1) is 10.2 Å². The Balaban J connectivity index is 1.78. The van der Waals surface area contributed by atoms with Crippen LogP contribution in [0.25, 0.3) is 0 Å². The highest BCUT2D eigenvalue weighted by Gasteiger charge is 2.17. The van der Waals surface area contributed by atoms with Crippen molar-refractivity contribution < 1.29 is 9.18 Å². The first-order chi connectivity index (χ1) is 9.63. The second-order valence-electron chi connectivity index (χ2n) is 4.68. The largest absolute Gasteiger partial charge is 0.298 e. The predicted octanol–water partition coefficient (Wildman–Crippen LogP) is 4.18. The van der Waals surface area contributed by atoms with Crippen molar-refractivity contribution in [1.29, 1.82) is 0 Å². The lowest BCUT2D eigenvalue weighted by molar-refractivity contribution is 0.102. The van der Waals surface area contributed by atoms with E-state index in [0.29, 0.717) is 10.7 Å². The molecule has 0 atom stereocenters. The molecule has 2 aromatic rings. The Bertz CT molecular complexity index is 648. The van der Waals surface area contributed by atoms with Gasteiger partial charge in [-0.3, -0.25) is 10.1 Å². The van der Waals surface area contributed by atoms with Crippen LogP contribution in [-0.2, 0) is 12.8 Å². The van der Waals surface area contributed by atoms with E-state index in [2.05, 4.69) is 26.2 Å². The summed E-state index contributed by atoms with van der Waals surface area (Å²) >= 11 is 4.61. The van der Waals surface area contributed by atoms with E-state index in [9.17, 15) is 9.18 Å². The number of hydrogen-bond acceptors (Lipinski definition) is 3. The van der Waals surface area contributed by atoms with Gasteiger partial charge >= 0.3 is 0 Å². The normalized spacial score (nSPS) is 13.9. The molecule has 20 heavy (non-hydrogen) atoms. The first-order valence-corrected chi connectivity index (χ1v) is 7.99. The lowest BCUT2D eigenvalue weighted by Gasteiger charge is -2.06. The zero-order chi connectivity index (χ0) is 14.1. The van der Waals surface area contributed by atoms with Gasteiger partial charge in [-0.1, -0.05) is 0 Å². The Kier molecular flexibility index (Phi) is 3.85. The topological polar surface area (TPSA) is 42.0 Å². The molecule has 0 aliphatic heterocycles. The predicted molar refractivity (Wildman–Crippen MR) is 80.8 cm³/mol. The molecule has 0 bridgehead atoms. The quantitative estimate of drug-likeness (QED) is 0.878. The molecule has 0 unspecified atom stereocenters. The fourth-order valence-corrected chi connectivity index (χ4v) is 3.64. The van der Waals surface area contributed by atoms with Crippen LogP contribution in [0.15, 0.2) is 22.7 Å². The smallest absolute Gasteiger partial charge is 0.257 e. The molecule has 1 aromatic carbocycles. The van der Waals surface area contributed by atoms with Gasteiger partial charge in [0.2, 0.25) is 0 Å². The highest BCUT2D eigenvalue weighted by molar-refractivity contribution is 9.10. The van der Waals surface area contributed by atoms with Crippen LogP contribution in [0.3, 0.4) is 0 Å². The third kappa shape index (κ3) is 2.76. The van der Waals surface area contributed by atoms with Crippen LogP contribution in [-0.4, -0.2) is 10.9 Å². The molecule has 3 rings (SSSR count). The van der Waals surface area contributed by atoms with E-state index in [-0.39, 0.29) is 16.2 Å². The number of carbonyl (C=O) groups is 1. The zero-order valence-electron chi connectivity index (χ0n) is 10.6. The second kappa shape index (κ2) is 5.61. The fraction of sp³-hybridized carbons (Fsp3) is 0.286. The highest BCUT2D eigenvalue weighted by Crippen LogP contribution is 2.29. The number of amides is 1. The number of thiazole rings is 1. The Morgan fingerprint density at radius 2 is 2.15 bits per heavy atom. The van der Waals surface area contributed by atoms with E-state index in [1.807, 2.05) is 0 Å². The molecule has 6 heteroatoms. The first kappa shape index (κ1) is 13.7. The summed E-state index contributed by atoms with van der Waals surface area (Å²) in [6.07, 6.45) is 4.39. The summed E-state index contributed by atoms with van der Waals surface area (Å²) in [5.74, 6) is -0.650. The van der Waals surface area contributed by atoms with Crippen molar-refractivity contribution in [3.63, 3.8) is 0 Å². The number of benzene rings is 1. The van der Waals surface area contributed by atoms with Crippen LogP contribution in [0.4, 0.5) is 9.52 Å². The van der Waals surface area contributed by atoms with Crippen LogP contribution in [0.2, 0.25) is 0 Å². The van der Waals surface area contributed by atoms with Gasteiger partial charge in [-0.25, -0.2) is 9.37 Å². The van der Waals surface area contributed by atoms with Crippen LogP contribution in [0, 0.1) is 5.82 Å². The standard InChI is InChI=1S/C14H12BrFN2OS/c15-9-7-8(5-6-10(9)16)13(19)18-14-17-11-3-1-2-4-12(11)20-14/h5-7H,1-4H2,(H,17,18,19). The van der Waals surface area contributed by atoms with E-state index in [1.165, 1.54) is 40.8 Å². The molecule has 0 saturated heterocycles. The van der Waals surface area contributed by atoms with Crippen LogP contribution >= 0.6 is 27.3 Å². The Hall–Kier alpha value is -1.27. The Morgan fingerprint density at radius 3 is 2.90 bits per heavy atom. The lowest BCUT2D eigenvalue weighted by Crippen LogP contribution is -2.12. The maximum absolute atomic E-state index is 13.2. The van der Waals surface area contributed by atoms with Crippen molar-refractivity contribution in [2.75, 3.05) is 5.32 Å². The van der Waals surface area contributed by atoms with Crippen molar-refractivity contribution >= 4 is 38.3 Å². The molecule has 0 spiro atoms. The average molecular weight is 355 g/mol. The summed E-state index contributed by atoms with van der Waals surface area (Å²) in [7, 11) is 0. The minimum absolute atomic E-state index is 0.267. The van der Waals surface area contributed by atoms with Gasteiger partial charge in [-0.15, -0.1) is 11.3 Å². The summed E-state index contributed by atoms with van der Waals surface area (Å²) in [6.45, 7) is 0. The molecule has 0 fully saturated rings. The third-order valence-electron chi connectivity index (χ3n) is 3.25. The molecule has 0 radical (unpaired) electrons. The van der Waals surface area contributed by atoms with Gasteiger partial charge < -0.3 is 0 Å². The molecule has 1 aliphatic carbocycles. The van der Waals surface area contributed by atoms with E-state index < -0.39 is 0 Å². The number of aryl methyl sites for hydroxylation is 2. The number of anilines is 1. The summed E-state index contributed by atoms with van der Waals surface area (Å²) in [6, 6.07) is 4.20. The second-order valence-corrected chi connectivity index (χ2v) is 6.62. The molecular weight excluding hydrogens is 343 g/mol. The lowest BCUT2D eigenvalue weighted by atomic mass is 10.0. The SMILES string of the molecule is O=C(Nc1nc2c(s1)CCCC2)c1ccc(F)c(Br)c1. The molecule has 1 aliphatic rings. The molecule has 1 amide bonds. The maximum Gasteiger partial charge on any atom is 0.257 e. The minimum Gasteiger partial charge on any atom is -0.298 e. The number of nitrogens with zero attached hydrogens (tertiary/aromatic N) is 1. The van der Waals surface area contributed by atoms with Crippen molar-refractivity contribution in [3.05, 3.63) is 44.6 Å². The summed E-state index contributed by atoms with van der Waals surface area (Å²) < 4.78 is 13.4. The van der Waals surface area contributed by atoms with Gasteiger partial charge in [0, 0.05) is 10.4 Å². The molecule has 1 N–H and O–H groups in total. The Morgan fingerprint density at radius 1 is 1.35 bits per heavy atom. The van der Waals surface area contributed by atoms with E-state index in [1.54, 1.807) is 0 Å². The number of rotatable bonds is 2. The van der Waals surface area contributed by atoms with Crippen LogP contribution in [0.5, 0.6) is 0 Å². The molecule has 1 heterocycles. The molecule has 3 nitrogen and oxygen atoms in total. The van der Waals surface area contributed by atoms with E-state index in [4.69, 9.17) is 0 Å².